The fourth-order valence-electron chi connectivity index (χ4n) is 1.02. The van der Waals surface area contributed by atoms with E-state index in [4.69, 9.17) is 10.8 Å². The third kappa shape index (κ3) is 1.90. The van der Waals surface area contributed by atoms with Gasteiger partial charge >= 0.3 is 5.97 Å². The number of hydrogen-bond acceptors (Lipinski definition) is 2. The van der Waals surface area contributed by atoms with Gasteiger partial charge in [-0.05, 0) is 15.9 Å². The van der Waals surface area contributed by atoms with Crippen LogP contribution in [0.4, 0.5) is 17.6 Å². The maximum Gasteiger partial charge on any atom is 0.325 e. The summed E-state index contributed by atoms with van der Waals surface area (Å²) in [5.74, 6) is -8.93. The first-order valence-electron chi connectivity index (χ1n) is 3.78. The van der Waals surface area contributed by atoms with Crippen molar-refractivity contribution < 1.29 is 27.5 Å². The smallest absolute Gasteiger partial charge is 0.325 e. The van der Waals surface area contributed by atoms with Gasteiger partial charge in [0.25, 0.3) is 0 Å². The van der Waals surface area contributed by atoms with E-state index in [9.17, 15) is 22.4 Å². The monoisotopic (exact) mass is 301 g/mol. The molecule has 1 rings (SSSR count). The van der Waals surface area contributed by atoms with Crippen LogP contribution in [0.25, 0.3) is 0 Å². The van der Waals surface area contributed by atoms with Crippen molar-refractivity contribution in [2.45, 2.75) is 6.04 Å². The Labute approximate surface area is 95.0 Å². The van der Waals surface area contributed by atoms with Crippen LogP contribution in [0.1, 0.15) is 11.6 Å². The van der Waals surface area contributed by atoms with E-state index < -0.39 is 45.3 Å². The molecule has 0 amide bonds. The van der Waals surface area contributed by atoms with E-state index in [0.717, 1.165) is 0 Å². The molecule has 0 unspecified atom stereocenters. The van der Waals surface area contributed by atoms with Crippen molar-refractivity contribution >= 4 is 21.9 Å². The second kappa shape index (κ2) is 4.38. The summed E-state index contributed by atoms with van der Waals surface area (Å²) in [6.45, 7) is 0. The molecular weight excluding hydrogens is 298 g/mol. The molecule has 0 spiro atoms. The number of aliphatic carboxylic acids is 1. The number of nitrogens with two attached hydrogens (primary N) is 1. The number of rotatable bonds is 2. The number of carboxylic acids is 1. The molecule has 3 N–H and O–H groups in total. The Morgan fingerprint density at radius 3 is 1.81 bits per heavy atom. The molecule has 0 bridgehead atoms. The molecule has 0 saturated heterocycles. The lowest BCUT2D eigenvalue weighted by molar-refractivity contribution is -0.138. The summed E-state index contributed by atoms with van der Waals surface area (Å²) in [5, 5.41) is 8.42. The SMILES string of the molecule is N[C@H](C(=O)O)c1c(F)c(F)c(Br)c(F)c1F. The average molecular weight is 302 g/mol. The van der Waals surface area contributed by atoms with Crippen LogP contribution in [0.3, 0.4) is 0 Å². The first-order valence-corrected chi connectivity index (χ1v) is 4.58. The average Bonchev–Trinajstić information content (AvgIpc) is 2.23. The fraction of sp³-hybridized carbons (Fsp3) is 0.125. The first kappa shape index (κ1) is 12.9. The van der Waals surface area contributed by atoms with Crippen LogP contribution >= 0.6 is 15.9 Å². The summed E-state index contributed by atoms with van der Waals surface area (Å²) in [6, 6.07) is -2.18. The Morgan fingerprint density at radius 1 is 1.12 bits per heavy atom. The van der Waals surface area contributed by atoms with Crippen LogP contribution in [0, 0.1) is 23.3 Å². The Balaban J connectivity index is 3.57. The lowest BCUT2D eigenvalue weighted by Gasteiger charge is -2.11. The molecule has 1 aromatic rings. The van der Waals surface area contributed by atoms with Crippen molar-refractivity contribution in [3.05, 3.63) is 33.3 Å². The van der Waals surface area contributed by atoms with E-state index in [-0.39, 0.29) is 0 Å². The topological polar surface area (TPSA) is 63.3 Å². The van der Waals surface area contributed by atoms with Gasteiger partial charge in [-0.2, -0.15) is 0 Å². The molecule has 0 aromatic heterocycles. The zero-order valence-corrected chi connectivity index (χ0v) is 8.99. The minimum absolute atomic E-state index is 1.05. The van der Waals surface area contributed by atoms with Gasteiger partial charge in [0.2, 0.25) is 0 Å². The second-order valence-electron chi connectivity index (χ2n) is 2.80. The lowest BCUT2D eigenvalue weighted by Crippen LogP contribution is -2.24. The van der Waals surface area contributed by atoms with E-state index >= 15 is 0 Å². The summed E-state index contributed by atoms with van der Waals surface area (Å²) in [6.07, 6.45) is 0. The number of carboxylic acid groups (broad SMARTS) is 1. The Morgan fingerprint density at radius 2 is 1.50 bits per heavy atom. The van der Waals surface area contributed by atoms with E-state index in [2.05, 4.69) is 15.9 Å². The highest BCUT2D eigenvalue weighted by Gasteiger charge is 2.30. The molecule has 0 heterocycles. The molecule has 0 aliphatic heterocycles. The Hall–Kier alpha value is -1.15. The van der Waals surface area contributed by atoms with Gasteiger partial charge in [-0.3, -0.25) is 4.79 Å². The van der Waals surface area contributed by atoms with Crippen molar-refractivity contribution in [1.82, 2.24) is 0 Å². The fourth-order valence-corrected chi connectivity index (χ4v) is 1.37. The number of benzene rings is 1. The summed E-state index contributed by atoms with van der Waals surface area (Å²) >= 11 is 2.28. The maximum atomic E-state index is 13.2. The molecule has 0 saturated carbocycles. The van der Waals surface area contributed by atoms with E-state index in [1.54, 1.807) is 0 Å². The largest absolute Gasteiger partial charge is 0.480 e. The van der Waals surface area contributed by atoms with Crippen molar-refractivity contribution in [2.24, 2.45) is 5.73 Å². The standard InChI is InChI=1S/C8H4BrF4NO2/c9-2-5(12)3(10)1(4(11)6(2)13)7(14)8(15)16/h7H,14H2,(H,15,16)/t7-/m0/s1. The first-order chi connectivity index (χ1) is 7.29. The molecule has 3 nitrogen and oxygen atoms in total. The third-order valence-corrected chi connectivity index (χ3v) is 2.52. The summed E-state index contributed by atoms with van der Waals surface area (Å²) in [5.41, 5.74) is 3.54. The number of hydrogen-bond donors (Lipinski definition) is 2. The Bertz CT molecular complexity index is 437. The molecule has 0 aliphatic carbocycles. The van der Waals surface area contributed by atoms with Crippen LogP contribution in [-0.4, -0.2) is 11.1 Å². The Kier molecular flexibility index (Phi) is 3.54. The molecule has 0 radical (unpaired) electrons. The van der Waals surface area contributed by atoms with Crippen molar-refractivity contribution in [2.75, 3.05) is 0 Å². The van der Waals surface area contributed by atoms with Gasteiger partial charge in [0.05, 0.1) is 10.0 Å². The summed E-state index contributed by atoms with van der Waals surface area (Å²) in [4.78, 5) is 10.4. The molecule has 16 heavy (non-hydrogen) atoms. The van der Waals surface area contributed by atoms with Crippen molar-refractivity contribution in [3.63, 3.8) is 0 Å². The van der Waals surface area contributed by atoms with Gasteiger partial charge in [0.15, 0.2) is 23.3 Å². The molecular formula is C8H4BrF4NO2. The van der Waals surface area contributed by atoms with E-state index in [1.165, 1.54) is 0 Å². The minimum Gasteiger partial charge on any atom is -0.480 e. The zero-order valence-electron chi connectivity index (χ0n) is 7.40. The van der Waals surface area contributed by atoms with E-state index in [1.807, 2.05) is 0 Å². The number of halogens is 5. The van der Waals surface area contributed by atoms with Gasteiger partial charge in [-0.15, -0.1) is 0 Å². The molecule has 1 atom stereocenters. The lowest BCUT2D eigenvalue weighted by atomic mass is 10.1. The van der Waals surface area contributed by atoms with Gasteiger partial charge in [0, 0.05) is 0 Å². The highest BCUT2D eigenvalue weighted by atomic mass is 79.9. The summed E-state index contributed by atoms with van der Waals surface area (Å²) < 4.78 is 51.2. The molecule has 8 heteroatoms. The van der Waals surface area contributed by atoms with Crippen LogP contribution in [0.15, 0.2) is 4.47 Å². The van der Waals surface area contributed by atoms with E-state index in [0.29, 0.717) is 0 Å². The van der Waals surface area contributed by atoms with Crippen molar-refractivity contribution in [3.8, 4) is 0 Å². The minimum atomic E-state index is -2.18. The molecule has 0 fully saturated rings. The molecule has 88 valence electrons. The van der Waals surface area contributed by atoms with Crippen LogP contribution in [-0.2, 0) is 4.79 Å². The molecule has 0 aliphatic rings. The predicted octanol–water partition coefficient (Wildman–Crippen LogP) is 2.09. The van der Waals surface area contributed by atoms with Crippen molar-refractivity contribution in [1.29, 1.82) is 0 Å². The predicted molar refractivity (Wildman–Crippen MR) is 48.5 cm³/mol. The summed E-state index contributed by atoms with van der Waals surface area (Å²) in [7, 11) is 0. The van der Waals surface area contributed by atoms with Gasteiger partial charge in [0.1, 0.15) is 6.04 Å². The van der Waals surface area contributed by atoms with Gasteiger partial charge in [-0.1, -0.05) is 0 Å². The quantitative estimate of drug-likeness (QED) is 0.499. The van der Waals surface area contributed by atoms with Crippen LogP contribution < -0.4 is 5.73 Å². The molecule has 1 aromatic carbocycles. The van der Waals surface area contributed by atoms with Gasteiger partial charge < -0.3 is 10.8 Å². The third-order valence-electron chi connectivity index (χ3n) is 1.82. The highest BCUT2D eigenvalue weighted by molar-refractivity contribution is 9.10. The van der Waals surface area contributed by atoms with Crippen LogP contribution in [0.5, 0.6) is 0 Å². The normalized spacial score (nSPS) is 12.6. The second-order valence-corrected chi connectivity index (χ2v) is 3.59. The van der Waals surface area contributed by atoms with Gasteiger partial charge in [-0.25, -0.2) is 17.6 Å². The number of carbonyl (C=O) groups is 1. The van der Waals surface area contributed by atoms with Crippen LogP contribution in [0.2, 0.25) is 0 Å². The maximum absolute atomic E-state index is 13.2. The zero-order chi connectivity index (χ0) is 12.6. The highest BCUT2D eigenvalue weighted by Crippen LogP contribution is 2.30.